The van der Waals surface area contributed by atoms with Crippen LogP contribution in [0.5, 0.6) is 0 Å². The van der Waals surface area contributed by atoms with Gasteiger partial charge < -0.3 is 20.2 Å². The third kappa shape index (κ3) is 7.12. The van der Waals surface area contributed by atoms with Crippen LogP contribution in [-0.4, -0.2) is 29.0 Å². The van der Waals surface area contributed by atoms with Gasteiger partial charge in [-0.3, -0.25) is 19.4 Å². The van der Waals surface area contributed by atoms with Gasteiger partial charge in [-0.25, -0.2) is 0 Å². The predicted molar refractivity (Wildman–Crippen MR) is 128 cm³/mol. The van der Waals surface area contributed by atoms with E-state index in [2.05, 4.69) is 15.6 Å². The Morgan fingerprint density at radius 1 is 1.00 bits per heavy atom. The maximum absolute atomic E-state index is 12.5. The summed E-state index contributed by atoms with van der Waals surface area (Å²) in [5.41, 5.74) is 0.355. The van der Waals surface area contributed by atoms with Crippen molar-refractivity contribution < 1.29 is 14.3 Å². The van der Waals surface area contributed by atoms with Gasteiger partial charge in [0.05, 0.1) is 6.26 Å². The molecule has 0 spiro atoms. The summed E-state index contributed by atoms with van der Waals surface area (Å²) in [6.07, 6.45) is 10.9. The van der Waals surface area contributed by atoms with Gasteiger partial charge >= 0.3 is 0 Å². The van der Waals surface area contributed by atoms with Crippen LogP contribution in [0.3, 0.4) is 0 Å². The lowest BCUT2D eigenvalue weighted by Gasteiger charge is -2.15. The van der Waals surface area contributed by atoms with E-state index in [1.165, 1.54) is 0 Å². The van der Waals surface area contributed by atoms with Crippen LogP contribution < -0.4 is 21.5 Å². The van der Waals surface area contributed by atoms with Crippen LogP contribution in [0.25, 0.3) is 0 Å². The number of unbranched alkanes of at least 4 members (excludes halogenated alkanes) is 4. The monoisotopic (exact) mass is 453 g/mol. The molecule has 2 heterocycles. The Balaban J connectivity index is 1.30. The number of furan rings is 1. The summed E-state index contributed by atoms with van der Waals surface area (Å²) in [6, 6.07) is 7.12. The van der Waals surface area contributed by atoms with Crippen LogP contribution >= 0.6 is 0 Å². The number of aliphatic hydroxyl groups excluding tert-OH is 1. The van der Waals surface area contributed by atoms with Crippen molar-refractivity contribution in [1.82, 2.24) is 4.98 Å². The van der Waals surface area contributed by atoms with Crippen LogP contribution in [0.4, 0.5) is 17.1 Å². The SMILES string of the molecule is O=C(CCCCCCCNc1c(Nc2ccncc2)c(=O)c1=O)C(CCO)Cc1ccco1. The molecule has 3 N–H and O–H groups in total. The highest BCUT2D eigenvalue weighted by molar-refractivity contribution is 5.81. The van der Waals surface area contributed by atoms with Gasteiger partial charge in [0.1, 0.15) is 22.9 Å². The van der Waals surface area contributed by atoms with Gasteiger partial charge in [-0.15, -0.1) is 0 Å². The Bertz CT molecular complexity index is 1060. The number of Topliss-reactive ketones (excluding diaryl/α,β-unsaturated/α-hetero) is 1. The number of ketones is 1. The number of aliphatic hydroxyl groups is 1. The smallest absolute Gasteiger partial charge is 0.253 e. The number of anilines is 3. The van der Waals surface area contributed by atoms with Crippen LogP contribution in [0.1, 0.15) is 50.7 Å². The number of hydrogen-bond acceptors (Lipinski definition) is 8. The maximum atomic E-state index is 12.5. The third-order valence-corrected chi connectivity index (χ3v) is 5.72. The molecule has 0 amide bonds. The lowest BCUT2D eigenvalue weighted by molar-refractivity contribution is -0.123. The van der Waals surface area contributed by atoms with Gasteiger partial charge in [0.15, 0.2) is 0 Å². The largest absolute Gasteiger partial charge is 0.469 e. The molecule has 2 aromatic heterocycles. The predicted octanol–water partition coefficient (Wildman–Crippen LogP) is 3.58. The highest BCUT2D eigenvalue weighted by atomic mass is 16.3. The maximum Gasteiger partial charge on any atom is 0.253 e. The molecule has 8 nitrogen and oxygen atoms in total. The zero-order valence-corrected chi connectivity index (χ0v) is 18.7. The molecule has 3 aromatic rings. The summed E-state index contributed by atoms with van der Waals surface area (Å²) in [6.45, 7) is 0.602. The second kappa shape index (κ2) is 12.7. The number of hydrogen-bond donors (Lipinski definition) is 3. The van der Waals surface area contributed by atoms with E-state index >= 15 is 0 Å². The van der Waals surface area contributed by atoms with Gasteiger partial charge in [-0.2, -0.15) is 0 Å². The molecule has 1 atom stereocenters. The van der Waals surface area contributed by atoms with Crippen molar-refractivity contribution in [3.63, 3.8) is 0 Å². The molecular formula is C25H31N3O5. The van der Waals surface area contributed by atoms with Gasteiger partial charge in [0, 0.05) is 50.0 Å². The van der Waals surface area contributed by atoms with E-state index in [9.17, 15) is 19.5 Å². The zero-order valence-electron chi connectivity index (χ0n) is 18.7. The molecule has 1 aromatic carbocycles. The topological polar surface area (TPSA) is 122 Å². The minimum absolute atomic E-state index is 0.00552. The van der Waals surface area contributed by atoms with E-state index in [0.717, 1.165) is 37.9 Å². The van der Waals surface area contributed by atoms with E-state index in [1.807, 2.05) is 6.07 Å². The second-order valence-corrected chi connectivity index (χ2v) is 8.17. The van der Waals surface area contributed by atoms with Crippen LogP contribution in [0.15, 0.2) is 56.9 Å². The average Bonchev–Trinajstić information content (AvgIpc) is 3.35. The van der Waals surface area contributed by atoms with E-state index in [1.54, 1.807) is 36.9 Å². The minimum Gasteiger partial charge on any atom is -0.469 e. The fourth-order valence-corrected chi connectivity index (χ4v) is 3.84. The Morgan fingerprint density at radius 2 is 1.73 bits per heavy atom. The van der Waals surface area contributed by atoms with Gasteiger partial charge in [-0.1, -0.05) is 19.3 Å². The van der Waals surface area contributed by atoms with Crippen molar-refractivity contribution in [3.05, 3.63) is 69.1 Å². The molecule has 0 saturated heterocycles. The number of carbonyl (C=O) groups excluding carboxylic acids is 1. The molecule has 1 unspecified atom stereocenters. The Hall–Kier alpha value is -3.26. The summed E-state index contributed by atoms with van der Waals surface area (Å²) < 4.78 is 5.33. The first-order chi connectivity index (χ1) is 16.1. The number of nitrogens with one attached hydrogen (secondary N) is 2. The Morgan fingerprint density at radius 3 is 2.45 bits per heavy atom. The van der Waals surface area contributed by atoms with Gasteiger partial charge in [0.2, 0.25) is 0 Å². The normalized spacial score (nSPS) is 12.0. The molecule has 0 aliphatic heterocycles. The summed E-state index contributed by atoms with van der Waals surface area (Å²) in [5.74, 6) is 0.753. The van der Waals surface area contributed by atoms with Crippen LogP contribution in [0.2, 0.25) is 0 Å². The standard InChI is InChI=1S/C25H31N3O5/c29-15-11-18(17-20-7-6-16-33-20)21(30)8-4-2-1-3-5-12-27-22-23(25(32)24(22)31)28-19-9-13-26-14-10-19/h6-7,9-10,13-14,16,18,27,29H,1-5,8,11-12,15,17H2,(H,26,28). The van der Waals surface area contributed by atoms with Crippen LogP contribution in [0, 0.1) is 5.92 Å². The number of pyridine rings is 1. The first-order valence-electron chi connectivity index (χ1n) is 11.5. The number of carbonyl (C=O) groups is 1. The van der Waals surface area contributed by atoms with Crippen molar-refractivity contribution in [2.45, 2.75) is 51.4 Å². The Labute approximate surface area is 192 Å². The van der Waals surface area contributed by atoms with E-state index in [0.29, 0.717) is 42.9 Å². The first-order valence-corrected chi connectivity index (χ1v) is 11.5. The van der Waals surface area contributed by atoms with Crippen LogP contribution in [-0.2, 0) is 11.2 Å². The summed E-state index contributed by atoms with van der Waals surface area (Å²) in [7, 11) is 0. The molecule has 33 heavy (non-hydrogen) atoms. The fourth-order valence-electron chi connectivity index (χ4n) is 3.84. The molecule has 3 rings (SSSR count). The molecule has 8 heteroatoms. The molecule has 176 valence electrons. The van der Waals surface area contributed by atoms with Gasteiger partial charge in [0.25, 0.3) is 10.9 Å². The van der Waals surface area contributed by atoms with Crippen molar-refractivity contribution in [1.29, 1.82) is 0 Å². The van der Waals surface area contributed by atoms with Gasteiger partial charge in [-0.05, 0) is 43.5 Å². The highest BCUT2D eigenvalue weighted by Gasteiger charge is 2.21. The lowest BCUT2D eigenvalue weighted by Crippen LogP contribution is -2.36. The second-order valence-electron chi connectivity index (χ2n) is 8.17. The summed E-state index contributed by atoms with van der Waals surface area (Å²) in [4.78, 5) is 40.1. The summed E-state index contributed by atoms with van der Waals surface area (Å²) >= 11 is 0. The fraction of sp³-hybridized carbons (Fsp3) is 0.440. The third-order valence-electron chi connectivity index (χ3n) is 5.72. The van der Waals surface area contributed by atoms with E-state index in [-0.39, 0.29) is 18.3 Å². The molecule has 0 aliphatic rings. The number of nitrogens with zero attached hydrogens (tertiary/aromatic N) is 1. The van der Waals surface area contributed by atoms with Crippen molar-refractivity contribution in [2.24, 2.45) is 5.92 Å². The molecule has 0 aliphatic carbocycles. The van der Waals surface area contributed by atoms with Crippen molar-refractivity contribution >= 4 is 22.8 Å². The van der Waals surface area contributed by atoms with E-state index in [4.69, 9.17) is 4.42 Å². The molecule has 0 bridgehead atoms. The molecule has 0 fully saturated rings. The molecule has 0 radical (unpaired) electrons. The Kier molecular flexibility index (Phi) is 9.38. The molecule has 0 saturated carbocycles. The van der Waals surface area contributed by atoms with Crippen molar-refractivity contribution in [2.75, 3.05) is 23.8 Å². The number of rotatable bonds is 16. The van der Waals surface area contributed by atoms with E-state index < -0.39 is 10.9 Å². The minimum atomic E-state index is -0.509. The summed E-state index contributed by atoms with van der Waals surface area (Å²) in [5, 5.41) is 15.3. The quantitative estimate of drug-likeness (QED) is 0.222. The first kappa shape index (κ1) is 24.4. The highest BCUT2D eigenvalue weighted by Crippen LogP contribution is 2.20. The lowest BCUT2D eigenvalue weighted by atomic mass is 9.92. The molecular weight excluding hydrogens is 422 g/mol. The number of aromatic nitrogens is 1. The zero-order chi connectivity index (χ0) is 23.5. The van der Waals surface area contributed by atoms with Crippen molar-refractivity contribution in [3.8, 4) is 0 Å². The average molecular weight is 454 g/mol.